The molecule has 3 heterocycles. The molecule has 9 heteroatoms. The molecule has 0 radical (unpaired) electrons. The number of aromatic amines is 1. The van der Waals surface area contributed by atoms with Crippen LogP contribution >= 0.6 is 0 Å². The van der Waals surface area contributed by atoms with Gasteiger partial charge in [0, 0.05) is 24.6 Å². The van der Waals surface area contributed by atoms with Crippen molar-refractivity contribution in [2.24, 2.45) is 0 Å². The lowest BCUT2D eigenvalue weighted by molar-refractivity contribution is 0.0697. The zero-order valence-electron chi connectivity index (χ0n) is 13.7. The number of hydrogen-bond acceptors (Lipinski definition) is 6. The summed E-state index contributed by atoms with van der Waals surface area (Å²) in [4.78, 5) is 34.1. The fourth-order valence-electron chi connectivity index (χ4n) is 2.93. The average molecular weight is 350 g/mol. The molecule has 4 aromatic rings. The fraction of sp³-hybridized carbons (Fsp3) is 0.118. The number of nitrogens with one attached hydrogen (secondary N) is 1. The number of fused-ring (bicyclic) bond motifs is 3. The third-order valence-corrected chi connectivity index (χ3v) is 4.11. The van der Waals surface area contributed by atoms with Crippen LogP contribution in [0, 0.1) is 0 Å². The summed E-state index contributed by atoms with van der Waals surface area (Å²) in [5, 5.41) is 15.8. The Hall–Kier alpha value is -3.75. The van der Waals surface area contributed by atoms with Crippen molar-refractivity contribution in [3.8, 4) is 0 Å². The molecule has 0 saturated carbocycles. The molecule has 130 valence electrons. The van der Waals surface area contributed by atoms with Crippen LogP contribution in [0.1, 0.15) is 17.3 Å². The van der Waals surface area contributed by atoms with Crippen molar-refractivity contribution < 1.29 is 9.90 Å². The number of anilines is 2. The SMILES string of the molecule is CCN(c1ccncc1)c1nc2cc(C(=O)O)ccc2n2c(=O)[nH]nc12. The van der Waals surface area contributed by atoms with E-state index < -0.39 is 11.7 Å². The van der Waals surface area contributed by atoms with E-state index in [2.05, 4.69) is 20.2 Å². The minimum atomic E-state index is -1.06. The fourth-order valence-corrected chi connectivity index (χ4v) is 2.93. The number of carboxylic acid groups (broad SMARTS) is 1. The summed E-state index contributed by atoms with van der Waals surface area (Å²) in [5.41, 5.74) is 1.76. The number of H-pyrrole nitrogens is 1. The molecule has 2 N–H and O–H groups in total. The van der Waals surface area contributed by atoms with Crippen molar-refractivity contribution in [3.05, 3.63) is 58.8 Å². The maximum Gasteiger partial charge on any atom is 0.348 e. The molecule has 0 unspecified atom stereocenters. The van der Waals surface area contributed by atoms with Gasteiger partial charge in [-0.3, -0.25) is 4.98 Å². The van der Waals surface area contributed by atoms with Gasteiger partial charge in [0.25, 0.3) is 0 Å². The quantitative estimate of drug-likeness (QED) is 0.576. The van der Waals surface area contributed by atoms with Crippen LogP contribution in [0.25, 0.3) is 16.7 Å². The van der Waals surface area contributed by atoms with E-state index in [0.29, 0.717) is 29.0 Å². The molecule has 26 heavy (non-hydrogen) atoms. The molecule has 0 amide bonds. The summed E-state index contributed by atoms with van der Waals surface area (Å²) in [7, 11) is 0. The van der Waals surface area contributed by atoms with Gasteiger partial charge in [-0.25, -0.2) is 24.1 Å². The zero-order valence-corrected chi connectivity index (χ0v) is 13.7. The molecule has 0 spiro atoms. The highest BCUT2D eigenvalue weighted by atomic mass is 16.4. The predicted octanol–water partition coefficient (Wildman–Crippen LogP) is 1.82. The Labute approximate surface area is 146 Å². The van der Waals surface area contributed by atoms with Gasteiger partial charge in [0.2, 0.25) is 5.65 Å². The van der Waals surface area contributed by atoms with Gasteiger partial charge in [0.1, 0.15) is 0 Å². The Bertz CT molecular complexity index is 1180. The summed E-state index contributed by atoms with van der Waals surface area (Å²) in [6, 6.07) is 8.09. The van der Waals surface area contributed by atoms with Crippen molar-refractivity contribution >= 4 is 34.2 Å². The lowest BCUT2D eigenvalue weighted by atomic mass is 10.2. The predicted molar refractivity (Wildman–Crippen MR) is 95.0 cm³/mol. The van der Waals surface area contributed by atoms with E-state index in [-0.39, 0.29) is 5.56 Å². The molecule has 0 fully saturated rings. The first-order valence-electron chi connectivity index (χ1n) is 7.92. The zero-order chi connectivity index (χ0) is 18.3. The minimum absolute atomic E-state index is 0.0961. The first-order chi connectivity index (χ1) is 12.6. The Morgan fingerprint density at radius 1 is 1.27 bits per heavy atom. The number of carbonyl (C=O) groups is 1. The monoisotopic (exact) mass is 350 g/mol. The molecule has 0 bridgehead atoms. The van der Waals surface area contributed by atoms with E-state index in [1.165, 1.54) is 16.5 Å². The van der Waals surface area contributed by atoms with Gasteiger partial charge in [-0.2, -0.15) is 0 Å². The molecule has 0 aliphatic rings. The van der Waals surface area contributed by atoms with Gasteiger partial charge in [-0.1, -0.05) is 0 Å². The van der Waals surface area contributed by atoms with Crippen LogP contribution in [0.3, 0.4) is 0 Å². The van der Waals surface area contributed by atoms with Crippen LogP contribution in [-0.4, -0.2) is 42.2 Å². The van der Waals surface area contributed by atoms with Crippen LogP contribution in [0.2, 0.25) is 0 Å². The van der Waals surface area contributed by atoms with E-state index >= 15 is 0 Å². The Morgan fingerprint density at radius 2 is 2.04 bits per heavy atom. The largest absolute Gasteiger partial charge is 0.478 e. The van der Waals surface area contributed by atoms with Gasteiger partial charge in [0.15, 0.2) is 5.82 Å². The number of pyridine rings is 1. The molecule has 0 aliphatic heterocycles. The van der Waals surface area contributed by atoms with Crippen LogP contribution in [0.15, 0.2) is 47.5 Å². The highest BCUT2D eigenvalue weighted by Crippen LogP contribution is 2.28. The maximum atomic E-state index is 12.3. The van der Waals surface area contributed by atoms with Gasteiger partial charge in [0.05, 0.1) is 16.6 Å². The van der Waals surface area contributed by atoms with Crippen LogP contribution in [0.5, 0.6) is 0 Å². The van der Waals surface area contributed by atoms with E-state index in [0.717, 1.165) is 5.69 Å². The summed E-state index contributed by atoms with van der Waals surface area (Å²) >= 11 is 0. The molecule has 4 rings (SSSR count). The molecular formula is C17H14N6O3. The minimum Gasteiger partial charge on any atom is -0.478 e. The number of hydrogen-bond donors (Lipinski definition) is 2. The van der Waals surface area contributed by atoms with Gasteiger partial charge < -0.3 is 10.0 Å². The van der Waals surface area contributed by atoms with Crippen LogP contribution in [-0.2, 0) is 0 Å². The molecule has 0 aliphatic carbocycles. The number of carboxylic acids is 1. The molecule has 0 atom stereocenters. The Morgan fingerprint density at radius 3 is 2.73 bits per heavy atom. The highest BCUT2D eigenvalue weighted by Gasteiger charge is 2.19. The molecule has 3 aromatic heterocycles. The second kappa shape index (κ2) is 5.96. The van der Waals surface area contributed by atoms with Crippen molar-refractivity contribution in [1.82, 2.24) is 24.6 Å². The number of rotatable bonds is 4. The highest BCUT2D eigenvalue weighted by molar-refractivity contribution is 5.94. The van der Waals surface area contributed by atoms with E-state index in [4.69, 9.17) is 0 Å². The second-order valence-corrected chi connectivity index (χ2v) is 5.58. The third kappa shape index (κ3) is 2.37. The third-order valence-electron chi connectivity index (χ3n) is 4.11. The smallest absolute Gasteiger partial charge is 0.348 e. The van der Waals surface area contributed by atoms with Crippen molar-refractivity contribution in [2.45, 2.75) is 6.92 Å². The van der Waals surface area contributed by atoms with Crippen molar-refractivity contribution in [2.75, 3.05) is 11.4 Å². The molecule has 0 saturated heterocycles. The first-order valence-corrected chi connectivity index (χ1v) is 7.92. The van der Waals surface area contributed by atoms with Crippen molar-refractivity contribution in [1.29, 1.82) is 0 Å². The Kier molecular flexibility index (Phi) is 3.61. The topological polar surface area (TPSA) is 116 Å². The lowest BCUT2D eigenvalue weighted by Crippen LogP contribution is -2.20. The van der Waals surface area contributed by atoms with Crippen LogP contribution < -0.4 is 10.6 Å². The summed E-state index contributed by atoms with van der Waals surface area (Å²) in [6.45, 7) is 2.51. The van der Waals surface area contributed by atoms with Gasteiger partial charge >= 0.3 is 11.7 Å². The summed E-state index contributed by atoms with van der Waals surface area (Å²) in [6.07, 6.45) is 3.32. The second-order valence-electron chi connectivity index (χ2n) is 5.58. The average Bonchev–Trinajstić information content (AvgIpc) is 3.05. The standard InChI is InChI=1S/C17H14N6O3/c1-2-22(11-5-7-18-8-6-11)14-15-20-21-17(26)23(15)13-4-3-10(16(24)25)9-12(13)19-14/h3-9H,2H2,1H3,(H,21,26)(H,24,25). The maximum absolute atomic E-state index is 12.3. The number of aromatic nitrogens is 5. The van der Waals surface area contributed by atoms with E-state index in [1.807, 2.05) is 24.0 Å². The Balaban J connectivity index is 2.07. The van der Waals surface area contributed by atoms with E-state index in [9.17, 15) is 14.7 Å². The number of nitrogens with zero attached hydrogens (tertiary/aromatic N) is 5. The first kappa shape index (κ1) is 15.8. The molecular weight excluding hydrogens is 336 g/mol. The number of benzene rings is 1. The van der Waals surface area contributed by atoms with Crippen molar-refractivity contribution in [3.63, 3.8) is 0 Å². The molecule has 1 aromatic carbocycles. The molecule has 9 nitrogen and oxygen atoms in total. The summed E-state index contributed by atoms with van der Waals surface area (Å²) < 4.78 is 1.40. The number of aromatic carboxylic acids is 1. The van der Waals surface area contributed by atoms with Gasteiger partial charge in [-0.05, 0) is 37.3 Å². The summed E-state index contributed by atoms with van der Waals surface area (Å²) in [5.74, 6) is -0.608. The normalized spacial score (nSPS) is 11.1. The van der Waals surface area contributed by atoms with Crippen LogP contribution in [0.4, 0.5) is 11.5 Å². The lowest BCUT2D eigenvalue weighted by Gasteiger charge is -2.22. The van der Waals surface area contributed by atoms with Gasteiger partial charge in [-0.15, -0.1) is 5.10 Å². The van der Waals surface area contributed by atoms with E-state index in [1.54, 1.807) is 18.5 Å².